The Morgan fingerprint density at radius 1 is 1.18 bits per heavy atom. The van der Waals surface area contributed by atoms with Crippen LogP contribution in [0.15, 0.2) is 12.1 Å². The van der Waals surface area contributed by atoms with E-state index in [0.29, 0.717) is 5.78 Å². The van der Waals surface area contributed by atoms with Gasteiger partial charge in [0.15, 0.2) is 5.78 Å². The highest BCUT2D eigenvalue weighted by Gasteiger charge is 2.25. The van der Waals surface area contributed by atoms with Crippen LogP contribution < -0.4 is 0 Å². The van der Waals surface area contributed by atoms with Crippen LogP contribution in [0.2, 0.25) is 0 Å². The summed E-state index contributed by atoms with van der Waals surface area (Å²) in [7, 11) is 0. The molecule has 17 heavy (non-hydrogen) atoms. The van der Waals surface area contributed by atoms with Crippen molar-refractivity contribution < 1.29 is 4.79 Å². The molecule has 0 amide bonds. The first-order valence-corrected chi connectivity index (χ1v) is 7.38. The molecule has 92 valence electrons. The van der Waals surface area contributed by atoms with Crippen molar-refractivity contribution in [3.05, 3.63) is 34.4 Å². The predicted octanol–water partition coefficient (Wildman–Crippen LogP) is 4.08. The molecule has 0 radical (unpaired) electrons. The minimum atomic E-state index is 0.198. The quantitative estimate of drug-likeness (QED) is 0.734. The summed E-state index contributed by atoms with van der Waals surface area (Å²) in [6.45, 7) is 6.20. The molecule has 0 saturated carbocycles. The van der Waals surface area contributed by atoms with E-state index in [4.69, 9.17) is 0 Å². The van der Waals surface area contributed by atoms with E-state index < -0.39 is 0 Å². The number of hydrogen-bond donors (Lipinski definition) is 0. The van der Waals surface area contributed by atoms with Crippen molar-refractivity contribution in [1.29, 1.82) is 0 Å². The minimum absolute atomic E-state index is 0.198. The molecule has 2 rings (SSSR count). The summed E-state index contributed by atoms with van der Waals surface area (Å²) in [5.74, 6) is 1.49. The molecule has 1 aromatic rings. The van der Waals surface area contributed by atoms with Crippen molar-refractivity contribution in [2.24, 2.45) is 0 Å². The zero-order chi connectivity index (χ0) is 12.4. The van der Waals surface area contributed by atoms with E-state index in [2.05, 4.69) is 32.9 Å². The Kier molecular flexibility index (Phi) is 3.93. The lowest BCUT2D eigenvalue weighted by Crippen LogP contribution is -2.22. The molecule has 1 nitrogen and oxygen atoms in total. The van der Waals surface area contributed by atoms with Crippen molar-refractivity contribution >= 4 is 17.5 Å². The summed E-state index contributed by atoms with van der Waals surface area (Å²) < 4.78 is 0. The van der Waals surface area contributed by atoms with Gasteiger partial charge in [-0.05, 0) is 50.5 Å². The van der Waals surface area contributed by atoms with Crippen molar-refractivity contribution in [1.82, 2.24) is 0 Å². The fraction of sp³-hybridized carbons (Fsp3) is 0.533. The molecule has 1 saturated heterocycles. The second kappa shape index (κ2) is 5.26. The Morgan fingerprint density at radius 3 is 2.35 bits per heavy atom. The first-order valence-electron chi connectivity index (χ1n) is 6.33. The maximum Gasteiger partial charge on any atom is 0.176 e. The molecule has 1 aliphatic heterocycles. The maximum absolute atomic E-state index is 12.5. The van der Waals surface area contributed by atoms with Gasteiger partial charge in [-0.2, -0.15) is 11.8 Å². The fourth-order valence-electron chi connectivity index (χ4n) is 2.68. The maximum atomic E-state index is 12.5. The minimum Gasteiger partial charge on any atom is -0.293 e. The van der Waals surface area contributed by atoms with Gasteiger partial charge < -0.3 is 0 Å². The Labute approximate surface area is 108 Å². The molecule has 0 N–H and O–H groups in total. The Morgan fingerprint density at radius 2 is 1.82 bits per heavy atom. The molecule has 1 aromatic carbocycles. The van der Waals surface area contributed by atoms with Crippen LogP contribution >= 0.6 is 11.8 Å². The number of ketones is 1. The van der Waals surface area contributed by atoms with Crippen LogP contribution in [0.5, 0.6) is 0 Å². The molecule has 0 bridgehead atoms. The van der Waals surface area contributed by atoms with E-state index in [0.717, 1.165) is 28.9 Å². The second-order valence-corrected chi connectivity index (χ2v) is 6.30. The van der Waals surface area contributed by atoms with Crippen LogP contribution in [0.3, 0.4) is 0 Å². The third kappa shape index (κ3) is 2.74. The van der Waals surface area contributed by atoms with Crippen molar-refractivity contribution in [3.63, 3.8) is 0 Å². The fourth-order valence-corrected chi connectivity index (χ4v) is 3.94. The van der Waals surface area contributed by atoms with Crippen molar-refractivity contribution in [3.8, 4) is 0 Å². The van der Waals surface area contributed by atoms with Gasteiger partial charge in [0.05, 0.1) is 5.25 Å². The lowest BCUT2D eigenvalue weighted by molar-refractivity contribution is 0.0983. The van der Waals surface area contributed by atoms with Crippen LogP contribution in [0.4, 0.5) is 0 Å². The summed E-state index contributed by atoms with van der Waals surface area (Å²) in [6.07, 6.45) is 3.52. The number of Topliss-reactive ketones (excluding diaryl/α,β-unsaturated/α-hetero) is 1. The number of hydrogen-bond acceptors (Lipinski definition) is 2. The summed E-state index contributed by atoms with van der Waals surface area (Å²) in [5.41, 5.74) is 4.49. The molecule has 1 unspecified atom stereocenters. The number of rotatable bonds is 2. The number of aryl methyl sites for hydroxylation is 3. The van der Waals surface area contributed by atoms with E-state index in [-0.39, 0.29) is 5.25 Å². The molecule has 1 heterocycles. The summed E-state index contributed by atoms with van der Waals surface area (Å²) in [6, 6.07) is 4.24. The van der Waals surface area contributed by atoms with Crippen LogP contribution in [0, 0.1) is 20.8 Å². The summed E-state index contributed by atoms with van der Waals surface area (Å²) >= 11 is 1.84. The van der Waals surface area contributed by atoms with Gasteiger partial charge in [0.2, 0.25) is 0 Å². The Hall–Kier alpha value is -0.760. The molecule has 0 spiro atoms. The molecular weight excluding hydrogens is 228 g/mol. The standard InChI is InChI=1S/C15H20OS/c1-10-8-11(2)14(12(3)9-10)15(16)13-6-4-5-7-17-13/h8-9,13H,4-7H2,1-3H3. The molecular formula is C15H20OS. The van der Waals surface area contributed by atoms with Gasteiger partial charge in [-0.1, -0.05) is 24.1 Å². The third-order valence-corrected chi connectivity index (χ3v) is 4.77. The molecule has 1 aliphatic rings. The number of benzene rings is 1. The third-order valence-electron chi connectivity index (χ3n) is 3.40. The monoisotopic (exact) mass is 248 g/mol. The van der Waals surface area contributed by atoms with Crippen molar-refractivity contribution in [2.45, 2.75) is 45.3 Å². The highest BCUT2D eigenvalue weighted by molar-refractivity contribution is 8.00. The van der Waals surface area contributed by atoms with Gasteiger partial charge in [0.25, 0.3) is 0 Å². The zero-order valence-electron chi connectivity index (χ0n) is 10.9. The number of carbonyl (C=O) groups is 1. The SMILES string of the molecule is Cc1cc(C)c(C(=O)C2CCCCS2)c(C)c1. The smallest absolute Gasteiger partial charge is 0.176 e. The van der Waals surface area contributed by atoms with E-state index in [9.17, 15) is 4.79 Å². The number of carbonyl (C=O) groups excluding carboxylic acids is 1. The molecule has 1 atom stereocenters. The van der Waals surface area contributed by atoms with Gasteiger partial charge in [-0.15, -0.1) is 0 Å². The van der Waals surface area contributed by atoms with E-state index >= 15 is 0 Å². The highest BCUT2D eigenvalue weighted by Crippen LogP contribution is 2.30. The van der Waals surface area contributed by atoms with E-state index in [1.165, 1.54) is 18.4 Å². The van der Waals surface area contributed by atoms with E-state index in [1.807, 2.05) is 11.8 Å². The molecule has 0 aliphatic carbocycles. The van der Waals surface area contributed by atoms with Crippen LogP contribution in [-0.4, -0.2) is 16.8 Å². The number of thioether (sulfide) groups is 1. The van der Waals surface area contributed by atoms with Gasteiger partial charge in [0, 0.05) is 5.56 Å². The predicted molar refractivity (Wildman–Crippen MR) is 75.1 cm³/mol. The molecule has 1 fully saturated rings. The Balaban J connectivity index is 2.30. The summed E-state index contributed by atoms with van der Waals surface area (Å²) in [5, 5.41) is 0.198. The van der Waals surface area contributed by atoms with Crippen LogP contribution in [0.1, 0.15) is 46.3 Å². The van der Waals surface area contributed by atoms with Crippen molar-refractivity contribution in [2.75, 3.05) is 5.75 Å². The van der Waals surface area contributed by atoms with Crippen LogP contribution in [-0.2, 0) is 0 Å². The van der Waals surface area contributed by atoms with Gasteiger partial charge >= 0.3 is 0 Å². The Bertz CT molecular complexity index is 408. The lowest BCUT2D eigenvalue weighted by Gasteiger charge is -2.22. The topological polar surface area (TPSA) is 17.1 Å². The van der Waals surface area contributed by atoms with E-state index in [1.54, 1.807) is 0 Å². The molecule has 2 heteroatoms. The normalized spacial score (nSPS) is 20.3. The second-order valence-electron chi connectivity index (χ2n) is 4.99. The van der Waals surface area contributed by atoms with Gasteiger partial charge in [-0.3, -0.25) is 4.79 Å². The zero-order valence-corrected chi connectivity index (χ0v) is 11.7. The largest absolute Gasteiger partial charge is 0.293 e. The highest BCUT2D eigenvalue weighted by atomic mass is 32.2. The first-order chi connectivity index (χ1) is 8.09. The first kappa shape index (κ1) is 12.7. The lowest BCUT2D eigenvalue weighted by atomic mass is 9.94. The summed E-state index contributed by atoms with van der Waals surface area (Å²) in [4.78, 5) is 12.5. The van der Waals surface area contributed by atoms with Gasteiger partial charge in [-0.25, -0.2) is 0 Å². The average Bonchev–Trinajstić information content (AvgIpc) is 2.28. The van der Waals surface area contributed by atoms with Gasteiger partial charge in [0.1, 0.15) is 0 Å². The molecule has 0 aromatic heterocycles. The van der Waals surface area contributed by atoms with Crippen LogP contribution in [0.25, 0.3) is 0 Å². The average molecular weight is 248 g/mol.